The third kappa shape index (κ3) is 2.85. The van der Waals surface area contributed by atoms with E-state index in [0.29, 0.717) is 6.54 Å². The van der Waals surface area contributed by atoms with E-state index in [0.717, 1.165) is 5.84 Å². The van der Waals surface area contributed by atoms with Gasteiger partial charge in [0, 0.05) is 38.6 Å². The van der Waals surface area contributed by atoms with Gasteiger partial charge in [-0.25, -0.2) is 0 Å². The molecule has 0 fully saturated rings. The lowest BCUT2D eigenvalue weighted by atomic mass is 10.2. The topological polar surface area (TPSA) is 22.2 Å². The highest BCUT2D eigenvalue weighted by Crippen LogP contribution is 2.31. The molecule has 3 nitrogen and oxygen atoms in total. The first-order valence-electron chi connectivity index (χ1n) is 11.2. The molecule has 32 heavy (non-hydrogen) atoms. The molecular weight excluding hydrogens is 390 g/mol. The molecule has 156 valence electrons. The highest BCUT2D eigenvalue weighted by Gasteiger charge is 2.17. The van der Waals surface area contributed by atoms with Crippen molar-refractivity contribution < 1.29 is 0 Å². The molecule has 0 amide bonds. The van der Waals surface area contributed by atoms with Crippen molar-refractivity contribution in [1.82, 2.24) is 9.13 Å². The molecule has 0 aliphatic rings. The minimum absolute atomic E-state index is 0.193. The van der Waals surface area contributed by atoms with Crippen molar-refractivity contribution in [3.63, 3.8) is 0 Å². The van der Waals surface area contributed by atoms with Crippen molar-refractivity contribution >= 4 is 49.4 Å². The lowest BCUT2D eigenvalue weighted by Crippen LogP contribution is -2.20. The number of hydrogen-bond acceptors (Lipinski definition) is 1. The molecule has 0 aliphatic heterocycles. The Hall–Kier alpha value is -3.85. The van der Waals surface area contributed by atoms with E-state index in [4.69, 9.17) is 4.99 Å². The van der Waals surface area contributed by atoms with Crippen molar-refractivity contribution in [3.05, 3.63) is 97.1 Å². The Morgan fingerprint density at radius 2 is 0.969 bits per heavy atom. The molecule has 0 saturated carbocycles. The SMILES string of the molecule is CC(C)N=C(Cn1c2ccccc2c2ccccc21)n1c2ccccc2c2ccccc21. The number of aromatic nitrogens is 2. The zero-order valence-corrected chi connectivity index (χ0v) is 18.4. The normalized spacial score (nSPS) is 12.7. The fourth-order valence-electron chi connectivity index (χ4n) is 4.98. The van der Waals surface area contributed by atoms with Crippen molar-refractivity contribution in [2.24, 2.45) is 4.99 Å². The van der Waals surface area contributed by atoms with Crippen LogP contribution in [0.3, 0.4) is 0 Å². The first kappa shape index (κ1) is 18.9. The summed E-state index contributed by atoms with van der Waals surface area (Å²) in [4.78, 5) is 5.17. The average molecular weight is 416 g/mol. The summed E-state index contributed by atoms with van der Waals surface area (Å²) in [5.41, 5.74) is 4.89. The van der Waals surface area contributed by atoms with E-state index in [9.17, 15) is 0 Å². The van der Waals surface area contributed by atoms with Crippen LogP contribution in [0, 0.1) is 0 Å². The zero-order chi connectivity index (χ0) is 21.7. The van der Waals surface area contributed by atoms with Gasteiger partial charge in [0.2, 0.25) is 0 Å². The lowest BCUT2D eigenvalue weighted by molar-refractivity contribution is 0.802. The molecule has 0 bridgehead atoms. The Morgan fingerprint density at radius 3 is 1.41 bits per heavy atom. The van der Waals surface area contributed by atoms with E-state index in [1.807, 2.05) is 0 Å². The molecule has 6 aromatic rings. The van der Waals surface area contributed by atoms with Crippen molar-refractivity contribution in [2.45, 2.75) is 26.4 Å². The van der Waals surface area contributed by atoms with Crippen LogP contribution in [-0.2, 0) is 6.54 Å². The number of hydrogen-bond donors (Lipinski definition) is 0. The van der Waals surface area contributed by atoms with Crippen LogP contribution in [0.4, 0.5) is 0 Å². The van der Waals surface area contributed by atoms with E-state index in [1.54, 1.807) is 0 Å². The summed E-state index contributed by atoms with van der Waals surface area (Å²) >= 11 is 0. The number of fused-ring (bicyclic) bond motifs is 6. The summed E-state index contributed by atoms with van der Waals surface area (Å²) in [6.07, 6.45) is 0. The number of aliphatic imine (C=N–C) groups is 1. The Kier molecular flexibility index (Phi) is 4.36. The second-order valence-electron chi connectivity index (χ2n) is 8.63. The van der Waals surface area contributed by atoms with E-state index >= 15 is 0 Å². The predicted molar refractivity (Wildman–Crippen MR) is 137 cm³/mol. The summed E-state index contributed by atoms with van der Waals surface area (Å²) in [7, 11) is 0. The van der Waals surface area contributed by atoms with Gasteiger partial charge in [-0.3, -0.25) is 9.56 Å². The highest BCUT2D eigenvalue weighted by molar-refractivity contribution is 6.15. The number of nitrogens with zero attached hydrogens (tertiary/aromatic N) is 3. The molecule has 6 rings (SSSR count). The van der Waals surface area contributed by atoms with Crippen LogP contribution in [0.2, 0.25) is 0 Å². The van der Waals surface area contributed by atoms with Gasteiger partial charge < -0.3 is 4.57 Å². The van der Waals surface area contributed by atoms with Crippen molar-refractivity contribution in [3.8, 4) is 0 Å². The molecule has 3 heteroatoms. The maximum absolute atomic E-state index is 5.17. The molecular formula is C29H25N3. The second kappa shape index (κ2) is 7.38. The van der Waals surface area contributed by atoms with Crippen LogP contribution in [0.5, 0.6) is 0 Å². The Morgan fingerprint density at radius 1 is 0.594 bits per heavy atom. The zero-order valence-electron chi connectivity index (χ0n) is 18.4. The number of para-hydroxylation sites is 4. The largest absolute Gasteiger partial charge is 0.333 e. The maximum Gasteiger partial charge on any atom is 0.128 e. The smallest absolute Gasteiger partial charge is 0.128 e. The predicted octanol–water partition coefficient (Wildman–Crippen LogP) is 7.26. The summed E-state index contributed by atoms with van der Waals surface area (Å²) in [5.74, 6) is 1.06. The summed E-state index contributed by atoms with van der Waals surface area (Å²) in [5, 5.41) is 5.10. The third-order valence-electron chi connectivity index (χ3n) is 6.22. The molecule has 0 saturated heterocycles. The van der Waals surface area contributed by atoms with Gasteiger partial charge in [0.25, 0.3) is 0 Å². The molecule has 0 N–H and O–H groups in total. The molecule has 2 heterocycles. The standard InChI is InChI=1S/C29H25N3/c1-20(2)30-29(32-27-17-9-5-13-23(27)24-14-6-10-18-28(24)32)19-31-25-15-7-3-11-21(25)22-12-4-8-16-26(22)31/h3-18,20H,19H2,1-2H3. The van der Waals surface area contributed by atoms with Gasteiger partial charge in [-0.15, -0.1) is 0 Å². The van der Waals surface area contributed by atoms with E-state index in [2.05, 4.69) is 120 Å². The van der Waals surface area contributed by atoms with Gasteiger partial charge in [-0.2, -0.15) is 0 Å². The van der Waals surface area contributed by atoms with Crippen LogP contribution in [0.1, 0.15) is 13.8 Å². The number of rotatable bonds is 3. The maximum atomic E-state index is 5.17. The van der Waals surface area contributed by atoms with Crippen molar-refractivity contribution in [2.75, 3.05) is 0 Å². The molecule has 0 aliphatic carbocycles. The monoisotopic (exact) mass is 415 g/mol. The molecule has 4 aromatic carbocycles. The van der Waals surface area contributed by atoms with Gasteiger partial charge in [0.1, 0.15) is 5.84 Å². The van der Waals surface area contributed by atoms with Gasteiger partial charge in [-0.05, 0) is 38.1 Å². The molecule has 0 radical (unpaired) electrons. The highest BCUT2D eigenvalue weighted by atomic mass is 15.1. The fraction of sp³-hybridized carbons (Fsp3) is 0.138. The minimum Gasteiger partial charge on any atom is -0.333 e. The van der Waals surface area contributed by atoms with Gasteiger partial charge in [0.05, 0.1) is 17.6 Å². The average Bonchev–Trinajstić information content (AvgIpc) is 3.32. The van der Waals surface area contributed by atoms with Gasteiger partial charge in [-0.1, -0.05) is 72.8 Å². The van der Waals surface area contributed by atoms with Crippen molar-refractivity contribution in [1.29, 1.82) is 0 Å². The third-order valence-corrected chi connectivity index (χ3v) is 6.22. The first-order valence-corrected chi connectivity index (χ1v) is 11.2. The lowest BCUT2D eigenvalue weighted by Gasteiger charge is -2.16. The summed E-state index contributed by atoms with van der Waals surface area (Å²) in [6.45, 7) is 5.01. The molecule has 2 aromatic heterocycles. The molecule has 0 unspecified atom stereocenters. The minimum atomic E-state index is 0.193. The Labute approximate surface area is 187 Å². The summed E-state index contributed by atoms with van der Waals surface area (Å²) < 4.78 is 4.77. The Bertz CT molecular complexity index is 1520. The second-order valence-corrected chi connectivity index (χ2v) is 8.63. The van der Waals surface area contributed by atoms with Crippen LogP contribution in [0.25, 0.3) is 43.6 Å². The van der Waals surface area contributed by atoms with Gasteiger partial charge >= 0.3 is 0 Å². The Balaban J connectivity index is 1.65. The number of benzene rings is 4. The van der Waals surface area contributed by atoms with Crippen LogP contribution in [-0.4, -0.2) is 21.0 Å². The van der Waals surface area contributed by atoms with Gasteiger partial charge in [0.15, 0.2) is 0 Å². The van der Waals surface area contributed by atoms with E-state index in [1.165, 1.54) is 43.6 Å². The quantitative estimate of drug-likeness (QED) is 0.214. The van der Waals surface area contributed by atoms with E-state index < -0.39 is 0 Å². The van der Waals surface area contributed by atoms with Crippen LogP contribution >= 0.6 is 0 Å². The van der Waals surface area contributed by atoms with E-state index in [-0.39, 0.29) is 6.04 Å². The molecule has 0 spiro atoms. The molecule has 0 atom stereocenters. The first-order chi connectivity index (χ1) is 15.7. The van der Waals surface area contributed by atoms with Crippen LogP contribution < -0.4 is 0 Å². The summed E-state index contributed by atoms with van der Waals surface area (Å²) in [6, 6.07) is 34.8. The fourth-order valence-corrected chi connectivity index (χ4v) is 4.98. The van der Waals surface area contributed by atoms with Crippen LogP contribution in [0.15, 0.2) is 102 Å².